The predicted molar refractivity (Wildman–Crippen MR) is 114 cm³/mol. The van der Waals surface area contributed by atoms with Crippen LogP contribution in [0.5, 0.6) is 0 Å². The summed E-state index contributed by atoms with van der Waals surface area (Å²) in [6, 6.07) is 20.0. The number of benzene rings is 3. The van der Waals surface area contributed by atoms with E-state index in [1.54, 1.807) is 30.3 Å². The van der Waals surface area contributed by atoms with Crippen molar-refractivity contribution in [1.29, 1.82) is 0 Å². The van der Waals surface area contributed by atoms with Gasteiger partial charge in [-0.15, -0.1) is 0 Å². The number of nitrogens with one attached hydrogen (secondary N) is 1. The zero-order valence-corrected chi connectivity index (χ0v) is 17.1. The average Bonchev–Trinajstić information content (AvgIpc) is 3.10. The number of hydrogen-bond acceptors (Lipinski definition) is 7. The van der Waals surface area contributed by atoms with Crippen LogP contribution in [0.1, 0.15) is 0 Å². The quantitative estimate of drug-likeness (QED) is 0.326. The molecule has 0 amide bonds. The molecule has 3 aromatic carbocycles. The van der Waals surface area contributed by atoms with E-state index in [1.807, 2.05) is 24.3 Å². The average molecular weight is 444 g/mol. The second-order valence-electron chi connectivity index (χ2n) is 5.92. The number of anilines is 1. The van der Waals surface area contributed by atoms with Crippen LogP contribution in [0.3, 0.4) is 0 Å². The van der Waals surface area contributed by atoms with Crippen molar-refractivity contribution >= 4 is 54.2 Å². The fourth-order valence-corrected chi connectivity index (χ4v) is 5.66. The van der Waals surface area contributed by atoms with Crippen LogP contribution in [0.2, 0.25) is 0 Å². The van der Waals surface area contributed by atoms with Crippen LogP contribution in [-0.2, 0) is 10.0 Å². The molecule has 146 valence electrons. The van der Waals surface area contributed by atoms with Gasteiger partial charge in [-0.25, -0.2) is 13.4 Å². The van der Waals surface area contributed by atoms with Crippen molar-refractivity contribution in [3.63, 3.8) is 0 Å². The molecular weight excluding hydrogens is 430 g/mol. The maximum absolute atomic E-state index is 12.8. The first kappa shape index (κ1) is 19.4. The van der Waals surface area contributed by atoms with Crippen molar-refractivity contribution in [2.24, 2.45) is 0 Å². The summed E-state index contributed by atoms with van der Waals surface area (Å²) in [4.78, 5) is 16.2. The van der Waals surface area contributed by atoms with E-state index in [-0.39, 0.29) is 10.6 Å². The predicted octanol–water partition coefficient (Wildman–Crippen LogP) is 5.16. The van der Waals surface area contributed by atoms with E-state index in [0.29, 0.717) is 10.0 Å². The Bertz CT molecular complexity index is 1270. The Morgan fingerprint density at radius 1 is 0.966 bits per heavy atom. The lowest BCUT2D eigenvalue weighted by Crippen LogP contribution is -2.12. The van der Waals surface area contributed by atoms with Gasteiger partial charge in [0.1, 0.15) is 0 Å². The molecule has 0 spiro atoms. The number of para-hydroxylation sites is 1. The number of fused-ring (bicyclic) bond motifs is 1. The number of thiazole rings is 1. The standard InChI is InChI=1S/C19H13N3O4S3/c23-22(24)13-8-10-14(11-9-13)27-15-4-3-5-16(12-15)29(25,26)21-19-20-17-6-1-2-7-18(17)28-19/h1-12H,(H,20,21). The molecule has 1 heterocycles. The summed E-state index contributed by atoms with van der Waals surface area (Å²) in [5, 5.41) is 11.1. The minimum Gasteiger partial charge on any atom is -0.258 e. The summed E-state index contributed by atoms with van der Waals surface area (Å²) in [5.41, 5.74) is 0.739. The molecule has 29 heavy (non-hydrogen) atoms. The fraction of sp³-hybridized carbons (Fsp3) is 0. The van der Waals surface area contributed by atoms with Crippen LogP contribution < -0.4 is 4.72 Å². The van der Waals surface area contributed by atoms with Crippen LogP contribution in [0.15, 0.2) is 87.5 Å². The molecule has 1 aromatic heterocycles. The van der Waals surface area contributed by atoms with Crippen molar-refractivity contribution in [2.45, 2.75) is 14.7 Å². The third-order valence-corrected chi connectivity index (χ3v) is 7.33. The van der Waals surface area contributed by atoms with E-state index >= 15 is 0 Å². The van der Waals surface area contributed by atoms with Gasteiger partial charge in [-0.05, 0) is 42.5 Å². The number of sulfonamides is 1. The lowest BCUT2D eigenvalue weighted by atomic mass is 10.3. The van der Waals surface area contributed by atoms with Crippen molar-refractivity contribution in [2.75, 3.05) is 4.72 Å². The van der Waals surface area contributed by atoms with Crippen molar-refractivity contribution in [3.05, 3.63) is 82.9 Å². The Balaban J connectivity index is 1.55. The van der Waals surface area contributed by atoms with Crippen LogP contribution in [0, 0.1) is 10.1 Å². The highest BCUT2D eigenvalue weighted by Crippen LogP contribution is 2.32. The van der Waals surface area contributed by atoms with Gasteiger partial charge in [0.2, 0.25) is 0 Å². The second kappa shape index (κ2) is 7.82. The molecule has 0 radical (unpaired) electrons. The van der Waals surface area contributed by atoms with Gasteiger partial charge in [0.05, 0.1) is 20.0 Å². The van der Waals surface area contributed by atoms with Crippen LogP contribution in [0.25, 0.3) is 10.2 Å². The lowest BCUT2D eigenvalue weighted by molar-refractivity contribution is -0.384. The van der Waals surface area contributed by atoms with Crippen LogP contribution in [-0.4, -0.2) is 18.3 Å². The van der Waals surface area contributed by atoms with Gasteiger partial charge >= 0.3 is 0 Å². The Kier molecular flexibility index (Phi) is 5.22. The number of nitro benzene ring substituents is 1. The molecule has 7 nitrogen and oxygen atoms in total. The maximum atomic E-state index is 12.8. The van der Waals surface area contributed by atoms with Gasteiger partial charge in [0, 0.05) is 21.9 Å². The first-order chi connectivity index (χ1) is 13.9. The van der Waals surface area contributed by atoms with E-state index in [0.717, 1.165) is 15.1 Å². The summed E-state index contributed by atoms with van der Waals surface area (Å²) in [7, 11) is -3.80. The molecule has 0 aliphatic heterocycles. The molecule has 0 saturated carbocycles. The van der Waals surface area contributed by atoms with Gasteiger partial charge in [-0.3, -0.25) is 14.8 Å². The third kappa shape index (κ3) is 4.39. The molecule has 0 bridgehead atoms. The number of aromatic nitrogens is 1. The molecule has 0 atom stereocenters. The summed E-state index contributed by atoms with van der Waals surface area (Å²) in [6.45, 7) is 0. The zero-order chi connectivity index (χ0) is 20.4. The molecular formula is C19H13N3O4S3. The van der Waals surface area contributed by atoms with Gasteiger partial charge < -0.3 is 0 Å². The van der Waals surface area contributed by atoms with E-state index in [4.69, 9.17) is 0 Å². The Morgan fingerprint density at radius 2 is 1.72 bits per heavy atom. The largest absolute Gasteiger partial charge is 0.269 e. The SMILES string of the molecule is O=[N+]([O-])c1ccc(Sc2cccc(S(=O)(=O)Nc3nc4ccccc4s3)c2)cc1. The molecule has 0 saturated heterocycles. The fourth-order valence-electron chi connectivity index (χ4n) is 2.57. The molecule has 4 aromatic rings. The van der Waals surface area contributed by atoms with E-state index in [1.165, 1.54) is 41.3 Å². The van der Waals surface area contributed by atoms with E-state index in [2.05, 4.69) is 9.71 Å². The van der Waals surface area contributed by atoms with Crippen molar-refractivity contribution in [3.8, 4) is 0 Å². The molecule has 4 rings (SSSR count). The van der Waals surface area contributed by atoms with Crippen molar-refractivity contribution < 1.29 is 13.3 Å². The second-order valence-corrected chi connectivity index (χ2v) is 9.78. The molecule has 0 unspecified atom stereocenters. The van der Waals surface area contributed by atoms with Gasteiger partial charge in [-0.1, -0.05) is 41.3 Å². The number of rotatable bonds is 6. The molecule has 1 N–H and O–H groups in total. The Morgan fingerprint density at radius 3 is 2.45 bits per heavy atom. The van der Waals surface area contributed by atoms with Crippen LogP contribution >= 0.6 is 23.1 Å². The number of nitro groups is 1. The maximum Gasteiger partial charge on any atom is 0.269 e. The van der Waals surface area contributed by atoms with Crippen molar-refractivity contribution in [1.82, 2.24) is 4.98 Å². The number of nitrogens with zero attached hydrogens (tertiary/aromatic N) is 2. The van der Waals surface area contributed by atoms with Gasteiger partial charge in [0.25, 0.3) is 15.7 Å². The van der Waals surface area contributed by atoms with Gasteiger partial charge in [0.15, 0.2) is 5.13 Å². The third-order valence-electron chi connectivity index (χ3n) is 3.91. The number of non-ortho nitro benzene ring substituents is 1. The molecule has 0 aliphatic rings. The molecule has 10 heteroatoms. The molecule has 0 aliphatic carbocycles. The topological polar surface area (TPSA) is 102 Å². The van der Waals surface area contributed by atoms with Crippen LogP contribution in [0.4, 0.5) is 10.8 Å². The zero-order valence-electron chi connectivity index (χ0n) is 14.7. The molecule has 0 fully saturated rings. The summed E-state index contributed by atoms with van der Waals surface area (Å²) >= 11 is 2.59. The number of hydrogen-bond donors (Lipinski definition) is 1. The minimum atomic E-state index is -3.80. The summed E-state index contributed by atoms with van der Waals surface area (Å²) in [6.07, 6.45) is 0. The van der Waals surface area contributed by atoms with E-state index in [9.17, 15) is 18.5 Å². The van der Waals surface area contributed by atoms with E-state index < -0.39 is 14.9 Å². The summed E-state index contributed by atoms with van der Waals surface area (Å²) < 4.78 is 29.0. The summed E-state index contributed by atoms with van der Waals surface area (Å²) in [5.74, 6) is 0. The first-order valence-corrected chi connectivity index (χ1v) is 11.4. The smallest absolute Gasteiger partial charge is 0.258 e. The highest BCUT2D eigenvalue weighted by Gasteiger charge is 2.17. The normalized spacial score (nSPS) is 11.4. The minimum absolute atomic E-state index is 0.00529. The first-order valence-electron chi connectivity index (χ1n) is 8.31. The lowest BCUT2D eigenvalue weighted by Gasteiger charge is -2.07. The Hall–Kier alpha value is -2.95. The Labute approximate surface area is 174 Å². The van der Waals surface area contributed by atoms with Gasteiger partial charge in [-0.2, -0.15) is 0 Å². The highest BCUT2D eigenvalue weighted by atomic mass is 32.2. The highest BCUT2D eigenvalue weighted by molar-refractivity contribution is 7.99. The monoisotopic (exact) mass is 443 g/mol.